The van der Waals surface area contributed by atoms with Gasteiger partial charge in [0.05, 0.1) is 7.11 Å². The smallest absolute Gasteiger partial charge is 0.281 e. The van der Waals surface area contributed by atoms with E-state index in [0.717, 1.165) is 24.0 Å². The van der Waals surface area contributed by atoms with E-state index in [0.29, 0.717) is 23.0 Å². The second kappa shape index (κ2) is 9.38. The minimum absolute atomic E-state index is 0.190. The Kier molecular flexibility index (Phi) is 6.21. The molecule has 0 fully saturated rings. The fourth-order valence-corrected chi connectivity index (χ4v) is 3.43. The Morgan fingerprint density at radius 3 is 2.91 bits per heavy atom. The topological polar surface area (TPSA) is 78.9 Å². The predicted octanol–water partition coefficient (Wildman–Crippen LogP) is 5.31. The molecule has 0 radical (unpaired) electrons. The van der Waals surface area contributed by atoms with Gasteiger partial charge in [-0.1, -0.05) is 59.5 Å². The van der Waals surface area contributed by atoms with Gasteiger partial charge >= 0.3 is 0 Å². The van der Waals surface area contributed by atoms with Gasteiger partial charge < -0.3 is 9.26 Å². The van der Waals surface area contributed by atoms with E-state index >= 15 is 0 Å². The SMILES string of the molecule is C=C/C=C\C=C(/C)c1c(-c2nc(C3=C(OC)C=CCC3)no2)nnn1-c1ccccc1F. The molecule has 7 nitrogen and oxygen atoms in total. The molecule has 0 amide bonds. The molecule has 1 aliphatic rings. The number of aromatic nitrogens is 5. The van der Waals surface area contributed by atoms with Crippen LogP contribution >= 0.6 is 0 Å². The summed E-state index contributed by atoms with van der Waals surface area (Å²) in [6.45, 7) is 5.55. The first kappa shape index (κ1) is 21.2. The third-order valence-electron chi connectivity index (χ3n) is 4.96. The Bertz CT molecular complexity index is 1260. The second-order valence-corrected chi connectivity index (χ2v) is 7.03. The fraction of sp³-hybridized carbons (Fsp3) is 0.167. The van der Waals surface area contributed by atoms with Crippen LogP contribution < -0.4 is 0 Å². The number of benzene rings is 1. The zero-order chi connectivity index (χ0) is 22.5. The molecule has 0 unspecified atom stereocenters. The third kappa shape index (κ3) is 4.07. The molecule has 3 aromatic rings. The minimum atomic E-state index is -0.422. The van der Waals surface area contributed by atoms with Crippen molar-refractivity contribution in [1.82, 2.24) is 25.1 Å². The molecule has 8 heteroatoms. The van der Waals surface area contributed by atoms with Crippen LogP contribution in [0.2, 0.25) is 0 Å². The second-order valence-electron chi connectivity index (χ2n) is 7.03. The number of hydrogen-bond donors (Lipinski definition) is 0. The number of para-hydroxylation sites is 1. The van der Waals surface area contributed by atoms with Crippen molar-refractivity contribution >= 4 is 11.1 Å². The maximum Gasteiger partial charge on any atom is 0.281 e. The van der Waals surface area contributed by atoms with Crippen LogP contribution in [0.25, 0.3) is 28.4 Å². The molecule has 0 spiro atoms. The van der Waals surface area contributed by atoms with Crippen molar-refractivity contribution in [2.24, 2.45) is 0 Å². The van der Waals surface area contributed by atoms with Gasteiger partial charge in [-0.25, -0.2) is 9.07 Å². The van der Waals surface area contributed by atoms with E-state index in [1.54, 1.807) is 37.5 Å². The summed E-state index contributed by atoms with van der Waals surface area (Å²) in [5.41, 5.74) is 2.81. The maximum absolute atomic E-state index is 14.6. The maximum atomic E-state index is 14.6. The monoisotopic (exact) mass is 431 g/mol. The summed E-state index contributed by atoms with van der Waals surface area (Å²) in [6.07, 6.45) is 12.7. The quantitative estimate of drug-likeness (QED) is 0.472. The lowest BCUT2D eigenvalue weighted by Crippen LogP contribution is -2.04. The highest BCUT2D eigenvalue weighted by molar-refractivity contribution is 5.75. The lowest BCUT2D eigenvalue weighted by Gasteiger charge is -2.11. The van der Waals surface area contributed by atoms with Crippen molar-refractivity contribution in [3.63, 3.8) is 0 Å². The van der Waals surface area contributed by atoms with Gasteiger partial charge in [-0.15, -0.1) is 5.10 Å². The average molecular weight is 431 g/mol. The standard InChI is InChI=1S/C24H22FN5O2/c1-4-5-6-11-16(2)22-21(27-29-30(22)19-14-9-8-13-18(19)25)24-26-23(28-32-24)17-12-7-10-15-20(17)31-3/h4-6,8-11,13-15H,1,7,12H2,2-3H3/b6-5-,16-11+. The molecule has 0 saturated heterocycles. The number of methoxy groups -OCH3 is 1. The number of allylic oxidation sites excluding steroid dienone is 8. The number of ether oxygens (including phenoxy) is 1. The van der Waals surface area contributed by atoms with Crippen LogP contribution in [0.5, 0.6) is 0 Å². The number of halogens is 1. The van der Waals surface area contributed by atoms with Gasteiger partial charge in [0, 0.05) is 5.57 Å². The fourth-order valence-electron chi connectivity index (χ4n) is 3.43. The van der Waals surface area contributed by atoms with Crippen molar-refractivity contribution in [3.05, 3.63) is 90.4 Å². The van der Waals surface area contributed by atoms with E-state index in [-0.39, 0.29) is 11.6 Å². The van der Waals surface area contributed by atoms with Crippen LogP contribution in [-0.4, -0.2) is 32.2 Å². The normalized spacial score (nSPS) is 14.4. The molecule has 0 bridgehead atoms. The van der Waals surface area contributed by atoms with Gasteiger partial charge in [-0.05, 0) is 43.5 Å². The molecular formula is C24H22FN5O2. The molecule has 0 saturated carbocycles. The molecule has 162 valence electrons. The molecule has 4 rings (SSSR count). The summed E-state index contributed by atoms with van der Waals surface area (Å²) < 4.78 is 27.0. The first-order chi connectivity index (χ1) is 15.6. The summed E-state index contributed by atoms with van der Waals surface area (Å²) in [6, 6.07) is 6.36. The molecule has 1 aliphatic carbocycles. The molecule has 0 N–H and O–H groups in total. The van der Waals surface area contributed by atoms with Crippen molar-refractivity contribution in [2.45, 2.75) is 19.8 Å². The largest absolute Gasteiger partial charge is 0.496 e. The van der Waals surface area contributed by atoms with Gasteiger partial charge in [-0.2, -0.15) is 4.98 Å². The van der Waals surface area contributed by atoms with Crippen LogP contribution in [0.4, 0.5) is 4.39 Å². The molecule has 0 aliphatic heterocycles. The summed E-state index contributed by atoms with van der Waals surface area (Å²) in [5, 5.41) is 12.6. The van der Waals surface area contributed by atoms with E-state index in [2.05, 4.69) is 27.0 Å². The van der Waals surface area contributed by atoms with Crippen LogP contribution in [0, 0.1) is 5.82 Å². The zero-order valence-corrected chi connectivity index (χ0v) is 17.8. The molecule has 2 aromatic heterocycles. The van der Waals surface area contributed by atoms with Crippen LogP contribution in [0.3, 0.4) is 0 Å². The van der Waals surface area contributed by atoms with Crippen molar-refractivity contribution in [2.75, 3.05) is 7.11 Å². The lowest BCUT2D eigenvalue weighted by atomic mass is 10.0. The molecule has 1 aromatic carbocycles. The highest BCUT2D eigenvalue weighted by Gasteiger charge is 2.25. The molecule has 0 atom stereocenters. The molecule has 2 heterocycles. The Morgan fingerprint density at radius 1 is 1.28 bits per heavy atom. The molecular weight excluding hydrogens is 409 g/mol. The van der Waals surface area contributed by atoms with Crippen LogP contribution in [0.15, 0.2) is 77.6 Å². The highest BCUT2D eigenvalue weighted by Crippen LogP contribution is 2.32. The first-order valence-electron chi connectivity index (χ1n) is 10.1. The number of nitrogens with zero attached hydrogens (tertiary/aromatic N) is 5. The van der Waals surface area contributed by atoms with Crippen molar-refractivity contribution < 1.29 is 13.7 Å². The first-order valence-corrected chi connectivity index (χ1v) is 10.1. The Labute approximate surface area is 184 Å². The van der Waals surface area contributed by atoms with Crippen LogP contribution in [-0.2, 0) is 4.74 Å². The minimum Gasteiger partial charge on any atom is -0.496 e. The molecule has 32 heavy (non-hydrogen) atoms. The highest BCUT2D eigenvalue weighted by atomic mass is 19.1. The van der Waals surface area contributed by atoms with E-state index in [9.17, 15) is 4.39 Å². The lowest BCUT2D eigenvalue weighted by molar-refractivity contribution is 0.306. The Balaban J connectivity index is 1.84. The van der Waals surface area contributed by atoms with Gasteiger partial charge in [0.15, 0.2) is 5.69 Å². The van der Waals surface area contributed by atoms with E-state index in [1.807, 2.05) is 31.2 Å². The summed E-state index contributed by atoms with van der Waals surface area (Å²) in [5.74, 6) is 0.899. The van der Waals surface area contributed by atoms with Gasteiger partial charge in [-0.3, -0.25) is 0 Å². The van der Waals surface area contributed by atoms with Crippen molar-refractivity contribution in [1.29, 1.82) is 0 Å². The Morgan fingerprint density at radius 2 is 2.12 bits per heavy atom. The van der Waals surface area contributed by atoms with E-state index in [1.165, 1.54) is 10.7 Å². The van der Waals surface area contributed by atoms with E-state index < -0.39 is 5.82 Å². The van der Waals surface area contributed by atoms with E-state index in [4.69, 9.17) is 9.26 Å². The summed E-state index contributed by atoms with van der Waals surface area (Å²) >= 11 is 0. The van der Waals surface area contributed by atoms with Gasteiger partial charge in [0.25, 0.3) is 5.89 Å². The summed E-state index contributed by atoms with van der Waals surface area (Å²) in [7, 11) is 1.61. The number of rotatable bonds is 7. The Hall–Kier alpha value is -4.07. The summed E-state index contributed by atoms with van der Waals surface area (Å²) in [4.78, 5) is 4.55. The van der Waals surface area contributed by atoms with Gasteiger partial charge in [0.2, 0.25) is 5.82 Å². The van der Waals surface area contributed by atoms with Crippen LogP contribution in [0.1, 0.15) is 31.3 Å². The van der Waals surface area contributed by atoms with Crippen molar-refractivity contribution in [3.8, 4) is 17.3 Å². The predicted molar refractivity (Wildman–Crippen MR) is 120 cm³/mol. The number of hydrogen-bond acceptors (Lipinski definition) is 6. The third-order valence-corrected chi connectivity index (χ3v) is 4.96. The zero-order valence-electron chi connectivity index (χ0n) is 17.8. The average Bonchev–Trinajstić information content (AvgIpc) is 3.47. The van der Waals surface area contributed by atoms with Gasteiger partial charge in [0.1, 0.15) is 23.0 Å².